The number of hydrogen-bond donors (Lipinski definition) is 1. The average molecular weight is 144 g/mol. The summed E-state index contributed by atoms with van der Waals surface area (Å²) in [6.07, 6.45) is 0. The summed E-state index contributed by atoms with van der Waals surface area (Å²) in [6.45, 7) is 0. The van der Waals surface area contributed by atoms with Crippen LogP contribution < -0.4 is 6.15 Å². The summed E-state index contributed by atoms with van der Waals surface area (Å²) in [5.41, 5.74) is 1.18. The quantitative estimate of drug-likeness (QED) is 0.603. The van der Waals surface area contributed by atoms with Gasteiger partial charge in [0.15, 0.2) is 0 Å². The lowest BCUT2D eigenvalue weighted by Gasteiger charge is -1.88. The number of hydrogen-bond acceptors (Lipinski definition) is 1. The Labute approximate surface area is 60.2 Å². The first-order chi connectivity index (χ1) is 3.93. The molecule has 0 aliphatic rings. The van der Waals surface area contributed by atoms with Crippen molar-refractivity contribution in [3.63, 3.8) is 0 Å². The van der Waals surface area contributed by atoms with Crippen molar-refractivity contribution in [2.24, 2.45) is 0 Å². The third-order valence-electron chi connectivity index (χ3n) is 0.997. The fraction of sp³-hybridized carbons (Fsp3) is 0.143. The molecule has 0 aliphatic heterocycles. The summed E-state index contributed by atoms with van der Waals surface area (Å²) in [7, 11) is 0. The van der Waals surface area contributed by atoms with Gasteiger partial charge < -0.3 is 6.15 Å². The lowest BCUT2D eigenvalue weighted by atomic mass is 10.2. The molecule has 0 amide bonds. The highest BCUT2D eigenvalue weighted by Crippen LogP contribution is 2.00. The molecule has 0 atom stereocenters. The van der Waals surface area contributed by atoms with E-state index in [1.807, 2.05) is 30.3 Å². The average Bonchev–Trinajstić information content (AvgIpc) is 1.90. The Bertz CT molecular complexity index is 150. The fourth-order valence-corrected chi connectivity index (χ4v) is 0.745. The van der Waals surface area contributed by atoms with E-state index in [1.54, 1.807) is 0 Å². The Morgan fingerprint density at radius 1 is 1.11 bits per heavy atom. The molecule has 0 saturated heterocycles. The van der Waals surface area contributed by atoms with Crippen LogP contribution in [0.2, 0.25) is 0 Å². The van der Waals surface area contributed by atoms with Gasteiger partial charge in [0, 0.05) is 5.88 Å². The van der Waals surface area contributed by atoms with E-state index in [9.17, 15) is 0 Å². The molecule has 50 valence electrons. The van der Waals surface area contributed by atoms with Crippen molar-refractivity contribution in [3.8, 4) is 0 Å². The molecule has 0 bridgehead atoms. The number of alkyl halides is 1. The summed E-state index contributed by atoms with van der Waals surface area (Å²) in [5.74, 6) is 0.612. The van der Waals surface area contributed by atoms with Crippen molar-refractivity contribution >= 4 is 11.6 Å². The second kappa shape index (κ2) is 4.36. The van der Waals surface area contributed by atoms with Gasteiger partial charge in [-0.2, -0.15) is 0 Å². The third kappa shape index (κ3) is 2.49. The Morgan fingerprint density at radius 3 is 2.00 bits per heavy atom. The molecule has 1 rings (SSSR count). The minimum absolute atomic E-state index is 0. The highest BCUT2D eigenvalue weighted by atomic mass is 35.5. The van der Waals surface area contributed by atoms with Gasteiger partial charge in [-0.1, -0.05) is 30.3 Å². The van der Waals surface area contributed by atoms with E-state index in [-0.39, 0.29) is 6.15 Å². The zero-order valence-electron chi connectivity index (χ0n) is 5.18. The topological polar surface area (TPSA) is 35.0 Å². The molecule has 0 fully saturated rings. The van der Waals surface area contributed by atoms with Crippen LogP contribution in [0.3, 0.4) is 0 Å². The van der Waals surface area contributed by atoms with E-state index in [0.29, 0.717) is 5.88 Å². The van der Waals surface area contributed by atoms with Crippen LogP contribution >= 0.6 is 11.6 Å². The van der Waals surface area contributed by atoms with Gasteiger partial charge >= 0.3 is 0 Å². The molecule has 0 spiro atoms. The maximum atomic E-state index is 5.53. The molecule has 0 aromatic heterocycles. The zero-order chi connectivity index (χ0) is 5.82. The summed E-state index contributed by atoms with van der Waals surface area (Å²) in [4.78, 5) is 0. The Morgan fingerprint density at radius 2 is 1.67 bits per heavy atom. The first kappa shape index (κ1) is 8.47. The second-order valence-electron chi connectivity index (χ2n) is 1.62. The summed E-state index contributed by atoms with van der Waals surface area (Å²) in [5, 5.41) is 0. The SMILES string of the molecule is ClCc1ccccc1.N. The highest BCUT2D eigenvalue weighted by molar-refractivity contribution is 6.17. The molecule has 0 unspecified atom stereocenters. The van der Waals surface area contributed by atoms with Gasteiger partial charge in [-0.15, -0.1) is 11.6 Å². The summed E-state index contributed by atoms with van der Waals surface area (Å²) >= 11 is 5.53. The van der Waals surface area contributed by atoms with E-state index in [2.05, 4.69) is 0 Å². The van der Waals surface area contributed by atoms with Crippen molar-refractivity contribution < 1.29 is 0 Å². The van der Waals surface area contributed by atoms with E-state index in [1.165, 1.54) is 5.56 Å². The Balaban J connectivity index is 0.000000640. The van der Waals surface area contributed by atoms with Crippen molar-refractivity contribution in [1.82, 2.24) is 6.15 Å². The minimum atomic E-state index is 0. The maximum Gasteiger partial charge on any atom is 0.0474 e. The second-order valence-corrected chi connectivity index (χ2v) is 1.89. The predicted octanol–water partition coefficient (Wildman–Crippen LogP) is 2.59. The molecule has 1 aromatic rings. The Hall–Kier alpha value is -0.530. The molecule has 3 N–H and O–H groups in total. The van der Waals surface area contributed by atoms with Crippen LogP contribution in [0.5, 0.6) is 0 Å². The molecule has 0 radical (unpaired) electrons. The van der Waals surface area contributed by atoms with Crippen LogP contribution in [0.4, 0.5) is 0 Å². The monoisotopic (exact) mass is 143 g/mol. The molecule has 0 heterocycles. The van der Waals surface area contributed by atoms with Crippen molar-refractivity contribution in [3.05, 3.63) is 35.9 Å². The normalized spacial score (nSPS) is 8.11. The van der Waals surface area contributed by atoms with Crippen LogP contribution in [0, 0.1) is 0 Å². The van der Waals surface area contributed by atoms with E-state index >= 15 is 0 Å². The van der Waals surface area contributed by atoms with Crippen LogP contribution in [-0.4, -0.2) is 0 Å². The molecule has 9 heavy (non-hydrogen) atoms. The van der Waals surface area contributed by atoms with Crippen molar-refractivity contribution in [1.29, 1.82) is 0 Å². The van der Waals surface area contributed by atoms with Gasteiger partial charge in [0.1, 0.15) is 0 Å². The van der Waals surface area contributed by atoms with E-state index in [4.69, 9.17) is 11.6 Å². The van der Waals surface area contributed by atoms with Crippen LogP contribution in [0.1, 0.15) is 5.56 Å². The first-order valence-electron chi connectivity index (χ1n) is 2.53. The van der Waals surface area contributed by atoms with Gasteiger partial charge in [-0.3, -0.25) is 0 Å². The first-order valence-corrected chi connectivity index (χ1v) is 3.07. The smallest absolute Gasteiger partial charge is 0.0474 e. The van der Waals surface area contributed by atoms with E-state index in [0.717, 1.165) is 0 Å². The largest absolute Gasteiger partial charge is 0.344 e. The lowest BCUT2D eigenvalue weighted by molar-refractivity contribution is 1.41. The minimum Gasteiger partial charge on any atom is -0.344 e. The number of rotatable bonds is 1. The van der Waals surface area contributed by atoms with Crippen LogP contribution in [0.15, 0.2) is 30.3 Å². The zero-order valence-corrected chi connectivity index (χ0v) is 5.93. The highest BCUT2D eigenvalue weighted by Gasteiger charge is 1.81. The van der Waals surface area contributed by atoms with E-state index < -0.39 is 0 Å². The third-order valence-corrected chi connectivity index (χ3v) is 1.31. The molecule has 0 aliphatic carbocycles. The van der Waals surface area contributed by atoms with Crippen LogP contribution in [-0.2, 0) is 5.88 Å². The van der Waals surface area contributed by atoms with Gasteiger partial charge in [-0.25, -0.2) is 0 Å². The van der Waals surface area contributed by atoms with Gasteiger partial charge in [0.2, 0.25) is 0 Å². The lowest BCUT2D eigenvalue weighted by Crippen LogP contribution is -1.71. The van der Waals surface area contributed by atoms with Crippen LogP contribution in [0.25, 0.3) is 0 Å². The van der Waals surface area contributed by atoms with Gasteiger partial charge in [-0.05, 0) is 5.56 Å². The van der Waals surface area contributed by atoms with Gasteiger partial charge in [0.25, 0.3) is 0 Å². The number of benzene rings is 1. The summed E-state index contributed by atoms with van der Waals surface area (Å²) in [6, 6.07) is 9.96. The summed E-state index contributed by atoms with van der Waals surface area (Å²) < 4.78 is 0. The molecular formula is C7H10ClN. The molecule has 2 heteroatoms. The molecule has 1 nitrogen and oxygen atoms in total. The Kier molecular flexibility index (Phi) is 4.10. The molecule has 1 aromatic carbocycles. The van der Waals surface area contributed by atoms with Gasteiger partial charge in [0.05, 0.1) is 0 Å². The number of halogens is 1. The molecule has 0 saturated carbocycles. The van der Waals surface area contributed by atoms with Crippen molar-refractivity contribution in [2.75, 3.05) is 0 Å². The fourth-order valence-electron chi connectivity index (χ4n) is 0.567. The molecular weight excluding hydrogens is 134 g/mol. The van der Waals surface area contributed by atoms with Crippen molar-refractivity contribution in [2.45, 2.75) is 5.88 Å². The predicted molar refractivity (Wildman–Crippen MR) is 41.0 cm³/mol. The standard InChI is InChI=1S/C7H7Cl.H3N/c8-6-7-4-2-1-3-5-7;/h1-5H,6H2;1H3. The maximum absolute atomic E-state index is 5.53.